The van der Waals surface area contributed by atoms with E-state index in [2.05, 4.69) is 5.32 Å². The summed E-state index contributed by atoms with van der Waals surface area (Å²) in [5.41, 5.74) is 5.12. The van der Waals surface area contributed by atoms with Gasteiger partial charge < -0.3 is 16.0 Å². The molecule has 15 heavy (non-hydrogen) atoms. The van der Waals surface area contributed by atoms with Gasteiger partial charge in [-0.3, -0.25) is 9.59 Å². The molecule has 1 fully saturated rings. The molecule has 1 unspecified atom stereocenters. The van der Waals surface area contributed by atoms with E-state index in [-0.39, 0.29) is 11.6 Å². The molecule has 86 valence electrons. The van der Waals surface area contributed by atoms with Gasteiger partial charge in [0.15, 0.2) is 0 Å². The van der Waals surface area contributed by atoms with Gasteiger partial charge in [-0.15, -0.1) is 0 Å². The molecule has 3 N–H and O–H groups in total. The molecule has 1 heterocycles. The van der Waals surface area contributed by atoms with Gasteiger partial charge in [0.1, 0.15) is 0 Å². The number of carbonyl (C=O) groups excluding carboxylic acids is 2. The van der Waals surface area contributed by atoms with Gasteiger partial charge in [-0.1, -0.05) is 0 Å². The Morgan fingerprint density at radius 2 is 2.07 bits per heavy atom. The number of nitrogens with one attached hydrogen (secondary N) is 1. The van der Waals surface area contributed by atoms with Crippen molar-refractivity contribution in [2.45, 2.75) is 38.8 Å². The fourth-order valence-electron chi connectivity index (χ4n) is 1.66. The molecule has 5 nitrogen and oxygen atoms in total. The van der Waals surface area contributed by atoms with Crippen LogP contribution in [0.3, 0.4) is 0 Å². The number of hydrogen-bond donors (Lipinski definition) is 2. The van der Waals surface area contributed by atoms with E-state index in [9.17, 15) is 9.59 Å². The molecule has 0 aromatic rings. The predicted molar refractivity (Wildman–Crippen MR) is 57.1 cm³/mol. The minimum absolute atomic E-state index is 0.0144. The first-order valence-electron chi connectivity index (χ1n) is 5.19. The molecule has 0 aromatic heterocycles. The van der Waals surface area contributed by atoms with Gasteiger partial charge in [0.25, 0.3) is 0 Å². The van der Waals surface area contributed by atoms with E-state index in [1.807, 2.05) is 20.8 Å². The summed E-state index contributed by atoms with van der Waals surface area (Å²) in [5.74, 6) is -0.967. The Bertz CT molecular complexity index is 270. The third-order valence-corrected chi connectivity index (χ3v) is 2.50. The fourth-order valence-corrected chi connectivity index (χ4v) is 1.66. The molecule has 2 amide bonds. The van der Waals surface area contributed by atoms with Gasteiger partial charge in [0.05, 0.1) is 0 Å². The smallest absolute Gasteiger partial charge is 0.312 e. The first-order valence-corrected chi connectivity index (χ1v) is 5.19. The summed E-state index contributed by atoms with van der Waals surface area (Å²) in [6.45, 7) is 6.82. The second-order valence-corrected chi connectivity index (χ2v) is 4.83. The van der Waals surface area contributed by atoms with Crippen LogP contribution in [-0.2, 0) is 9.59 Å². The number of piperazine rings is 1. The average Bonchev–Trinajstić information content (AvgIpc) is 2.09. The van der Waals surface area contributed by atoms with E-state index >= 15 is 0 Å². The lowest BCUT2D eigenvalue weighted by Crippen LogP contribution is -2.62. The number of hydrogen-bond acceptors (Lipinski definition) is 3. The summed E-state index contributed by atoms with van der Waals surface area (Å²) in [7, 11) is 0. The zero-order chi connectivity index (χ0) is 11.6. The predicted octanol–water partition coefficient (Wildman–Crippen LogP) is -0.539. The van der Waals surface area contributed by atoms with Crippen LogP contribution in [0.15, 0.2) is 0 Å². The quantitative estimate of drug-likeness (QED) is 0.605. The summed E-state index contributed by atoms with van der Waals surface area (Å²) in [6.07, 6.45) is 0.700. The van der Waals surface area contributed by atoms with E-state index in [1.54, 1.807) is 4.90 Å². The number of carbonyl (C=O) groups is 2. The van der Waals surface area contributed by atoms with Crippen LogP contribution in [0.1, 0.15) is 27.2 Å². The lowest BCUT2D eigenvalue weighted by atomic mass is 10.0. The van der Waals surface area contributed by atoms with Crippen LogP contribution < -0.4 is 11.1 Å². The highest BCUT2D eigenvalue weighted by atomic mass is 16.2. The standard InChI is InChI=1S/C10H19N3O2/c1-10(2,3)13-6-7(4-5-11)12-8(14)9(13)15/h7H,4-6,11H2,1-3H3,(H,12,14). The lowest BCUT2D eigenvalue weighted by Gasteiger charge is -2.41. The van der Waals surface area contributed by atoms with Gasteiger partial charge in [-0.2, -0.15) is 0 Å². The zero-order valence-electron chi connectivity index (χ0n) is 9.54. The molecule has 5 heteroatoms. The maximum Gasteiger partial charge on any atom is 0.312 e. The molecule has 1 aliphatic rings. The minimum Gasteiger partial charge on any atom is -0.343 e. The summed E-state index contributed by atoms with van der Waals surface area (Å²) in [6, 6.07) is -0.0144. The van der Waals surface area contributed by atoms with Crippen molar-refractivity contribution < 1.29 is 9.59 Å². The zero-order valence-corrected chi connectivity index (χ0v) is 9.54. The first kappa shape index (κ1) is 12.0. The average molecular weight is 213 g/mol. The second-order valence-electron chi connectivity index (χ2n) is 4.83. The van der Waals surface area contributed by atoms with Crippen LogP contribution in [0, 0.1) is 0 Å². The molecular weight excluding hydrogens is 194 g/mol. The van der Waals surface area contributed by atoms with Crippen molar-refractivity contribution in [3.8, 4) is 0 Å². The van der Waals surface area contributed by atoms with Crippen LogP contribution in [0.4, 0.5) is 0 Å². The summed E-state index contributed by atoms with van der Waals surface area (Å²) in [4.78, 5) is 24.6. The Hall–Kier alpha value is -1.10. The van der Waals surface area contributed by atoms with Crippen LogP contribution >= 0.6 is 0 Å². The van der Waals surface area contributed by atoms with Crippen molar-refractivity contribution in [1.29, 1.82) is 0 Å². The van der Waals surface area contributed by atoms with Crippen molar-refractivity contribution in [2.75, 3.05) is 13.1 Å². The Morgan fingerprint density at radius 3 is 2.53 bits per heavy atom. The van der Waals surface area contributed by atoms with E-state index in [1.165, 1.54) is 0 Å². The van der Waals surface area contributed by atoms with Crippen molar-refractivity contribution in [2.24, 2.45) is 5.73 Å². The van der Waals surface area contributed by atoms with Crippen LogP contribution in [0.25, 0.3) is 0 Å². The highest BCUT2D eigenvalue weighted by Crippen LogP contribution is 2.17. The maximum absolute atomic E-state index is 11.6. The highest BCUT2D eigenvalue weighted by Gasteiger charge is 2.37. The fraction of sp³-hybridized carbons (Fsp3) is 0.800. The number of nitrogens with zero attached hydrogens (tertiary/aromatic N) is 1. The molecule has 0 aliphatic carbocycles. The topological polar surface area (TPSA) is 75.4 Å². The molecule has 1 atom stereocenters. The molecule has 0 aromatic carbocycles. The van der Waals surface area contributed by atoms with Gasteiger partial charge in [0, 0.05) is 18.1 Å². The second kappa shape index (κ2) is 4.18. The van der Waals surface area contributed by atoms with E-state index in [0.717, 1.165) is 0 Å². The molecule has 1 aliphatic heterocycles. The number of amides is 2. The van der Waals surface area contributed by atoms with Crippen molar-refractivity contribution in [3.05, 3.63) is 0 Å². The van der Waals surface area contributed by atoms with Gasteiger partial charge in [0.2, 0.25) is 0 Å². The Balaban J connectivity index is 2.78. The van der Waals surface area contributed by atoms with E-state index in [0.29, 0.717) is 19.5 Å². The van der Waals surface area contributed by atoms with Gasteiger partial charge in [-0.25, -0.2) is 0 Å². The normalized spacial score (nSPS) is 22.9. The van der Waals surface area contributed by atoms with Crippen molar-refractivity contribution in [3.63, 3.8) is 0 Å². The molecule has 1 rings (SSSR count). The molecular formula is C10H19N3O2. The minimum atomic E-state index is -0.519. The summed E-state index contributed by atoms with van der Waals surface area (Å²) >= 11 is 0. The Kier molecular flexibility index (Phi) is 3.34. The molecule has 0 spiro atoms. The maximum atomic E-state index is 11.6. The van der Waals surface area contributed by atoms with Crippen LogP contribution in [0.5, 0.6) is 0 Å². The van der Waals surface area contributed by atoms with Gasteiger partial charge >= 0.3 is 11.8 Å². The molecule has 0 radical (unpaired) electrons. The molecule has 0 saturated carbocycles. The first-order chi connectivity index (χ1) is 6.86. The van der Waals surface area contributed by atoms with Crippen LogP contribution in [0.2, 0.25) is 0 Å². The van der Waals surface area contributed by atoms with E-state index < -0.39 is 11.8 Å². The molecule has 1 saturated heterocycles. The van der Waals surface area contributed by atoms with Gasteiger partial charge in [-0.05, 0) is 33.7 Å². The third-order valence-electron chi connectivity index (χ3n) is 2.50. The van der Waals surface area contributed by atoms with Crippen molar-refractivity contribution >= 4 is 11.8 Å². The monoisotopic (exact) mass is 213 g/mol. The number of nitrogens with two attached hydrogens (primary N) is 1. The number of rotatable bonds is 2. The lowest BCUT2D eigenvalue weighted by molar-refractivity contribution is -0.153. The highest BCUT2D eigenvalue weighted by molar-refractivity contribution is 6.35. The third kappa shape index (κ3) is 2.68. The van der Waals surface area contributed by atoms with Crippen molar-refractivity contribution in [1.82, 2.24) is 10.2 Å². The SMILES string of the molecule is CC(C)(C)N1CC(CCN)NC(=O)C1=O. The molecule has 0 bridgehead atoms. The van der Waals surface area contributed by atoms with Crippen LogP contribution in [-0.4, -0.2) is 41.4 Å². The Morgan fingerprint density at radius 1 is 1.47 bits per heavy atom. The largest absolute Gasteiger partial charge is 0.343 e. The summed E-state index contributed by atoms with van der Waals surface area (Å²) in [5, 5.41) is 2.66. The summed E-state index contributed by atoms with van der Waals surface area (Å²) < 4.78 is 0. The van der Waals surface area contributed by atoms with E-state index in [4.69, 9.17) is 5.73 Å². The Labute approximate surface area is 90.0 Å².